The van der Waals surface area contributed by atoms with Crippen molar-refractivity contribution in [3.05, 3.63) is 18.2 Å². The van der Waals surface area contributed by atoms with Crippen molar-refractivity contribution >= 4 is 17.5 Å². The molecule has 1 heterocycles. The van der Waals surface area contributed by atoms with Crippen LogP contribution in [-0.2, 0) is 19.1 Å². The normalized spacial score (nSPS) is 20.9. The number of anilines is 1. The van der Waals surface area contributed by atoms with Gasteiger partial charge in [-0.2, -0.15) is 0 Å². The Balaban J connectivity index is 1.48. The number of amides is 2. The van der Waals surface area contributed by atoms with Crippen LogP contribution in [0.15, 0.2) is 18.2 Å². The molecule has 8 heteroatoms. The van der Waals surface area contributed by atoms with Crippen molar-refractivity contribution < 1.29 is 28.5 Å². The van der Waals surface area contributed by atoms with Crippen molar-refractivity contribution in [2.75, 3.05) is 32.7 Å². The molecular weight excluding hydrogens is 352 g/mol. The fraction of sp³-hybridized carbons (Fsp3) is 0.579. The van der Waals surface area contributed by atoms with Crippen LogP contribution >= 0.6 is 0 Å². The second kappa shape index (κ2) is 8.58. The van der Waals surface area contributed by atoms with Gasteiger partial charge in [0.2, 0.25) is 0 Å². The fourth-order valence-corrected chi connectivity index (χ4v) is 3.46. The highest BCUT2D eigenvalue weighted by Crippen LogP contribution is 2.37. The second-order valence-corrected chi connectivity index (χ2v) is 6.76. The van der Waals surface area contributed by atoms with Gasteiger partial charge in [0.1, 0.15) is 6.10 Å². The number of rotatable bonds is 5. The summed E-state index contributed by atoms with van der Waals surface area (Å²) in [5.41, 5.74) is 0.439. The SMILES string of the molecule is COc1ccc(NC(=O)C(=O)NCC2COC3(CCCCC3)O2)cc1OC. The molecule has 148 valence electrons. The van der Waals surface area contributed by atoms with Gasteiger partial charge in [0.15, 0.2) is 17.3 Å². The lowest BCUT2D eigenvalue weighted by Crippen LogP contribution is -2.41. The predicted octanol–water partition coefficient (Wildman–Crippen LogP) is 1.83. The quantitative estimate of drug-likeness (QED) is 0.759. The summed E-state index contributed by atoms with van der Waals surface area (Å²) >= 11 is 0. The van der Waals surface area contributed by atoms with Crippen molar-refractivity contribution in [2.45, 2.75) is 44.0 Å². The van der Waals surface area contributed by atoms with Crippen LogP contribution in [0.25, 0.3) is 0 Å². The van der Waals surface area contributed by atoms with E-state index in [1.54, 1.807) is 18.2 Å². The Labute approximate surface area is 158 Å². The zero-order valence-electron chi connectivity index (χ0n) is 15.7. The topological polar surface area (TPSA) is 95.1 Å². The van der Waals surface area contributed by atoms with E-state index in [0.29, 0.717) is 23.8 Å². The van der Waals surface area contributed by atoms with Crippen molar-refractivity contribution in [1.29, 1.82) is 0 Å². The smallest absolute Gasteiger partial charge is 0.313 e. The van der Waals surface area contributed by atoms with Crippen molar-refractivity contribution in [2.24, 2.45) is 0 Å². The minimum Gasteiger partial charge on any atom is -0.493 e. The third kappa shape index (κ3) is 4.70. The number of methoxy groups -OCH3 is 2. The van der Waals surface area contributed by atoms with Gasteiger partial charge in [0, 0.05) is 31.1 Å². The van der Waals surface area contributed by atoms with E-state index in [1.165, 1.54) is 20.6 Å². The molecule has 1 aliphatic carbocycles. The second-order valence-electron chi connectivity index (χ2n) is 6.76. The maximum atomic E-state index is 12.1. The van der Waals surface area contributed by atoms with E-state index in [2.05, 4.69) is 10.6 Å². The molecule has 1 aromatic rings. The molecule has 2 aliphatic rings. The minimum absolute atomic E-state index is 0.235. The lowest BCUT2D eigenvalue weighted by atomic mass is 9.94. The van der Waals surface area contributed by atoms with Gasteiger partial charge in [0.05, 0.1) is 20.8 Å². The summed E-state index contributed by atoms with van der Waals surface area (Å²) in [6, 6.07) is 4.87. The zero-order chi connectivity index (χ0) is 19.3. The molecule has 8 nitrogen and oxygen atoms in total. The third-order valence-electron chi connectivity index (χ3n) is 4.87. The highest BCUT2D eigenvalue weighted by molar-refractivity contribution is 6.39. The molecular formula is C19H26N2O6. The van der Waals surface area contributed by atoms with Gasteiger partial charge < -0.3 is 29.6 Å². The molecule has 1 aromatic carbocycles. The van der Waals surface area contributed by atoms with E-state index in [9.17, 15) is 9.59 Å². The third-order valence-corrected chi connectivity index (χ3v) is 4.87. The number of benzene rings is 1. The number of nitrogens with one attached hydrogen (secondary N) is 2. The van der Waals surface area contributed by atoms with E-state index in [4.69, 9.17) is 18.9 Å². The number of hydrogen-bond acceptors (Lipinski definition) is 6. The highest BCUT2D eigenvalue weighted by Gasteiger charge is 2.42. The van der Waals surface area contributed by atoms with E-state index in [1.807, 2.05) is 0 Å². The standard InChI is InChI=1S/C19H26N2O6/c1-24-15-7-6-13(10-16(15)25-2)21-18(23)17(22)20-11-14-12-26-19(27-14)8-4-3-5-9-19/h6-7,10,14H,3-5,8-9,11-12H2,1-2H3,(H,20,22)(H,21,23). The molecule has 27 heavy (non-hydrogen) atoms. The summed E-state index contributed by atoms with van der Waals surface area (Å²) < 4.78 is 22.2. The summed E-state index contributed by atoms with van der Waals surface area (Å²) in [5, 5.41) is 5.15. The summed E-state index contributed by atoms with van der Waals surface area (Å²) in [6.07, 6.45) is 4.92. The summed E-state index contributed by atoms with van der Waals surface area (Å²) in [5.74, 6) is -0.971. The van der Waals surface area contributed by atoms with Gasteiger partial charge in [-0.15, -0.1) is 0 Å². The zero-order valence-corrected chi connectivity index (χ0v) is 15.7. The molecule has 0 radical (unpaired) electrons. The van der Waals surface area contributed by atoms with Crippen molar-refractivity contribution in [3.8, 4) is 11.5 Å². The fourth-order valence-electron chi connectivity index (χ4n) is 3.46. The van der Waals surface area contributed by atoms with Gasteiger partial charge in [-0.25, -0.2) is 0 Å². The molecule has 2 N–H and O–H groups in total. The van der Waals surface area contributed by atoms with E-state index < -0.39 is 17.6 Å². The first kappa shape index (κ1) is 19.4. The van der Waals surface area contributed by atoms with Crippen LogP contribution in [0.3, 0.4) is 0 Å². The highest BCUT2D eigenvalue weighted by atomic mass is 16.7. The van der Waals surface area contributed by atoms with Crippen molar-refractivity contribution in [1.82, 2.24) is 5.32 Å². The van der Waals surface area contributed by atoms with Crippen LogP contribution < -0.4 is 20.1 Å². The summed E-state index contributed by atoms with van der Waals surface area (Å²) in [6.45, 7) is 0.664. The van der Waals surface area contributed by atoms with E-state index in [0.717, 1.165) is 25.7 Å². The molecule has 2 fully saturated rings. The largest absolute Gasteiger partial charge is 0.493 e. The summed E-state index contributed by atoms with van der Waals surface area (Å²) in [7, 11) is 3.02. The Morgan fingerprint density at radius 1 is 1.11 bits per heavy atom. The molecule has 1 spiro atoms. The maximum Gasteiger partial charge on any atom is 0.313 e. The molecule has 2 amide bonds. The van der Waals surface area contributed by atoms with E-state index in [-0.39, 0.29) is 12.6 Å². The average molecular weight is 378 g/mol. The number of ether oxygens (including phenoxy) is 4. The van der Waals surface area contributed by atoms with Crippen LogP contribution in [0.4, 0.5) is 5.69 Å². The molecule has 1 saturated heterocycles. The monoisotopic (exact) mass is 378 g/mol. The summed E-state index contributed by atoms with van der Waals surface area (Å²) in [4.78, 5) is 24.2. The number of carbonyl (C=O) groups is 2. The Hall–Kier alpha value is -2.32. The Kier molecular flexibility index (Phi) is 6.18. The van der Waals surface area contributed by atoms with Crippen LogP contribution in [0, 0.1) is 0 Å². The van der Waals surface area contributed by atoms with Gasteiger partial charge in [0.25, 0.3) is 0 Å². The number of hydrogen-bond donors (Lipinski definition) is 2. The molecule has 1 unspecified atom stereocenters. The van der Waals surface area contributed by atoms with Gasteiger partial charge in [-0.05, 0) is 25.0 Å². The Bertz CT molecular complexity index is 687. The first-order valence-electron chi connectivity index (χ1n) is 9.18. The maximum absolute atomic E-state index is 12.1. The molecule has 1 atom stereocenters. The van der Waals surface area contributed by atoms with Gasteiger partial charge in [-0.1, -0.05) is 6.42 Å². The molecule has 1 aliphatic heterocycles. The van der Waals surface area contributed by atoms with Crippen LogP contribution in [0.2, 0.25) is 0 Å². The average Bonchev–Trinajstić information content (AvgIpc) is 3.08. The first-order chi connectivity index (χ1) is 13.0. The lowest BCUT2D eigenvalue weighted by molar-refractivity contribution is -0.186. The Morgan fingerprint density at radius 2 is 1.85 bits per heavy atom. The lowest BCUT2D eigenvalue weighted by Gasteiger charge is -2.31. The van der Waals surface area contributed by atoms with Crippen molar-refractivity contribution in [3.63, 3.8) is 0 Å². The molecule has 1 saturated carbocycles. The molecule has 0 bridgehead atoms. The van der Waals surface area contributed by atoms with Crippen LogP contribution in [0.1, 0.15) is 32.1 Å². The van der Waals surface area contributed by atoms with Crippen LogP contribution in [0.5, 0.6) is 11.5 Å². The van der Waals surface area contributed by atoms with E-state index >= 15 is 0 Å². The number of carbonyl (C=O) groups excluding carboxylic acids is 2. The first-order valence-corrected chi connectivity index (χ1v) is 9.18. The molecule has 3 rings (SSSR count). The van der Waals surface area contributed by atoms with Gasteiger partial charge in [-0.3, -0.25) is 9.59 Å². The predicted molar refractivity (Wildman–Crippen MR) is 97.8 cm³/mol. The Morgan fingerprint density at radius 3 is 2.56 bits per heavy atom. The van der Waals surface area contributed by atoms with Crippen LogP contribution in [-0.4, -0.2) is 51.1 Å². The molecule has 0 aromatic heterocycles. The van der Waals surface area contributed by atoms with Gasteiger partial charge >= 0.3 is 11.8 Å². The minimum atomic E-state index is -0.756.